The van der Waals surface area contributed by atoms with Crippen LogP contribution in [0.2, 0.25) is 0 Å². The summed E-state index contributed by atoms with van der Waals surface area (Å²) in [5.41, 5.74) is 3.23. The second kappa shape index (κ2) is 11.8. The minimum Gasteiger partial charge on any atom is -0.462 e. The van der Waals surface area contributed by atoms with Gasteiger partial charge in [0.2, 0.25) is 5.91 Å². The normalized spacial score (nSPS) is 14.6. The Morgan fingerprint density at radius 2 is 1.79 bits per heavy atom. The van der Waals surface area contributed by atoms with Crippen molar-refractivity contribution in [3.8, 4) is 0 Å². The number of carbonyl (C=O) groups excluding carboxylic acids is 3. The Morgan fingerprint density at radius 3 is 2.42 bits per heavy atom. The molecule has 1 saturated heterocycles. The summed E-state index contributed by atoms with van der Waals surface area (Å²) < 4.78 is 5.45. The highest BCUT2D eigenvalue weighted by molar-refractivity contribution is 8.26. The van der Waals surface area contributed by atoms with Crippen LogP contribution in [0.5, 0.6) is 0 Å². The molecule has 3 rings (SSSR count). The van der Waals surface area contributed by atoms with E-state index in [-0.39, 0.29) is 18.2 Å². The summed E-state index contributed by atoms with van der Waals surface area (Å²) in [7, 11) is 0. The van der Waals surface area contributed by atoms with E-state index in [2.05, 4.69) is 24.4 Å². The van der Waals surface area contributed by atoms with E-state index in [1.54, 1.807) is 36.1 Å². The quantitative estimate of drug-likeness (QED) is 0.306. The summed E-state index contributed by atoms with van der Waals surface area (Å²) in [6.45, 7) is 4.53. The summed E-state index contributed by atoms with van der Waals surface area (Å²) in [5, 5.41) is 2.79. The molecule has 0 bridgehead atoms. The van der Waals surface area contributed by atoms with Crippen LogP contribution in [0.1, 0.15) is 48.2 Å². The Balaban J connectivity index is 1.49. The SMILES string of the molecule is CCOC(=O)c1ccc(NC(=O)CCCN2C(=O)C(=Cc3ccc(CC)cc3)SC2=S)cc1. The van der Waals surface area contributed by atoms with E-state index in [9.17, 15) is 14.4 Å². The maximum atomic E-state index is 12.8. The smallest absolute Gasteiger partial charge is 0.338 e. The van der Waals surface area contributed by atoms with Gasteiger partial charge in [-0.3, -0.25) is 14.5 Å². The number of benzene rings is 2. The summed E-state index contributed by atoms with van der Waals surface area (Å²) in [4.78, 5) is 38.9. The van der Waals surface area contributed by atoms with Crippen molar-refractivity contribution in [2.75, 3.05) is 18.5 Å². The second-order valence-corrected chi connectivity index (χ2v) is 9.05. The predicted octanol–water partition coefficient (Wildman–Crippen LogP) is 5.05. The molecule has 2 aromatic carbocycles. The number of esters is 1. The highest BCUT2D eigenvalue weighted by atomic mass is 32.2. The van der Waals surface area contributed by atoms with Crippen molar-refractivity contribution in [3.05, 3.63) is 70.1 Å². The molecule has 0 spiro atoms. The second-order valence-electron chi connectivity index (χ2n) is 7.38. The van der Waals surface area contributed by atoms with Crippen molar-refractivity contribution < 1.29 is 19.1 Å². The number of nitrogens with zero attached hydrogens (tertiary/aromatic N) is 1. The molecule has 0 saturated carbocycles. The predicted molar refractivity (Wildman–Crippen MR) is 136 cm³/mol. The van der Waals surface area contributed by atoms with Gasteiger partial charge in [-0.25, -0.2) is 4.79 Å². The number of carbonyl (C=O) groups is 3. The topological polar surface area (TPSA) is 75.7 Å². The molecule has 1 aliphatic rings. The Hall–Kier alpha value is -2.97. The Morgan fingerprint density at radius 1 is 1.09 bits per heavy atom. The first-order valence-corrected chi connectivity index (χ1v) is 12.0. The number of hydrogen-bond donors (Lipinski definition) is 1. The van der Waals surface area contributed by atoms with Gasteiger partial charge in [-0.15, -0.1) is 0 Å². The van der Waals surface area contributed by atoms with Gasteiger partial charge in [-0.1, -0.05) is 55.2 Å². The first-order chi connectivity index (χ1) is 15.9. The zero-order valence-electron chi connectivity index (χ0n) is 18.6. The number of amides is 2. The van der Waals surface area contributed by atoms with Crippen LogP contribution in [0, 0.1) is 0 Å². The molecule has 0 atom stereocenters. The highest BCUT2D eigenvalue weighted by Gasteiger charge is 2.31. The van der Waals surface area contributed by atoms with Gasteiger partial charge in [0.15, 0.2) is 0 Å². The average molecular weight is 483 g/mol. The molecule has 1 N–H and O–H groups in total. The fraction of sp³-hybridized carbons (Fsp3) is 0.280. The lowest BCUT2D eigenvalue weighted by Crippen LogP contribution is -2.29. The fourth-order valence-electron chi connectivity index (χ4n) is 3.22. The molecule has 172 valence electrons. The molecule has 2 amide bonds. The maximum Gasteiger partial charge on any atom is 0.338 e. The minimum absolute atomic E-state index is 0.125. The van der Waals surface area contributed by atoms with Crippen molar-refractivity contribution >= 4 is 57.8 Å². The molecule has 0 unspecified atom stereocenters. The van der Waals surface area contributed by atoms with Crippen LogP contribution in [-0.4, -0.2) is 40.2 Å². The number of thiocarbonyl (C=S) groups is 1. The first kappa shape index (κ1) is 24.7. The lowest BCUT2D eigenvalue weighted by molar-refractivity contribution is -0.122. The molecule has 1 heterocycles. The monoisotopic (exact) mass is 482 g/mol. The van der Waals surface area contributed by atoms with E-state index >= 15 is 0 Å². The number of nitrogens with one attached hydrogen (secondary N) is 1. The molecule has 1 aliphatic heterocycles. The maximum absolute atomic E-state index is 12.8. The van der Waals surface area contributed by atoms with Gasteiger partial charge in [0.05, 0.1) is 17.1 Å². The third kappa shape index (κ3) is 6.76. The summed E-state index contributed by atoms with van der Waals surface area (Å²) >= 11 is 6.66. The number of ether oxygens (including phenoxy) is 1. The Kier molecular flexibility index (Phi) is 8.79. The van der Waals surface area contributed by atoms with Crippen LogP contribution in [0.3, 0.4) is 0 Å². The van der Waals surface area contributed by atoms with Crippen molar-refractivity contribution in [1.29, 1.82) is 0 Å². The standard InChI is InChI=1S/C25H26N2O4S2/c1-3-17-7-9-18(10-8-17)16-21-23(29)27(25(32)33-21)15-5-6-22(28)26-20-13-11-19(12-14-20)24(30)31-4-2/h7-14,16H,3-6,15H2,1-2H3,(H,26,28). The first-order valence-electron chi connectivity index (χ1n) is 10.8. The number of rotatable bonds is 9. The van der Waals surface area contributed by atoms with E-state index in [1.165, 1.54) is 17.3 Å². The summed E-state index contributed by atoms with van der Waals surface area (Å²) in [5.74, 6) is -0.693. The summed E-state index contributed by atoms with van der Waals surface area (Å²) in [6.07, 6.45) is 3.55. The molecule has 2 aromatic rings. The molecule has 33 heavy (non-hydrogen) atoms. The molecule has 0 radical (unpaired) electrons. The van der Waals surface area contributed by atoms with E-state index < -0.39 is 5.97 Å². The number of anilines is 1. The molecule has 0 aliphatic carbocycles. The van der Waals surface area contributed by atoms with E-state index in [4.69, 9.17) is 17.0 Å². The van der Waals surface area contributed by atoms with Gasteiger partial charge in [0.25, 0.3) is 5.91 Å². The largest absolute Gasteiger partial charge is 0.462 e. The third-order valence-corrected chi connectivity index (χ3v) is 6.40. The van der Waals surface area contributed by atoms with Gasteiger partial charge in [-0.05, 0) is 61.2 Å². The number of hydrogen-bond acceptors (Lipinski definition) is 6. The molecule has 6 nitrogen and oxygen atoms in total. The van der Waals surface area contributed by atoms with Crippen molar-refractivity contribution in [3.63, 3.8) is 0 Å². The van der Waals surface area contributed by atoms with Crippen LogP contribution in [0.25, 0.3) is 6.08 Å². The zero-order valence-corrected chi connectivity index (χ0v) is 20.3. The van der Waals surface area contributed by atoms with Gasteiger partial charge in [0, 0.05) is 18.7 Å². The lowest BCUT2D eigenvalue weighted by Gasteiger charge is -2.14. The van der Waals surface area contributed by atoms with E-state index in [1.807, 2.05) is 18.2 Å². The number of aryl methyl sites for hydroxylation is 1. The van der Waals surface area contributed by atoms with Gasteiger partial charge in [-0.2, -0.15) is 0 Å². The van der Waals surface area contributed by atoms with Crippen molar-refractivity contribution in [2.45, 2.75) is 33.1 Å². The third-order valence-electron chi connectivity index (χ3n) is 5.02. The van der Waals surface area contributed by atoms with Gasteiger partial charge < -0.3 is 10.1 Å². The molecule has 8 heteroatoms. The van der Waals surface area contributed by atoms with Crippen LogP contribution in [-0.2, 0) is 20.7 Å². The molecule has 0 aromatic heterocycles. The van der Waals surface area contributed by atoms with Gasteiger partial charge in [0.1, 0.15) is 4.32 Å². The fourth-order valence-corrected chi connectivity index (χ4v) is 4.53. The Bertz CT molecular complexity index is 1060. The zero-order chi connectivity index (χ0) is 23.8. The van der Waals surface area contributed by atoms with Crippen LogP contribution in [0.15, 0.2) is 53.4 Å². The summed E-state index contributed by atoms with van der Waals surface area (Å²) in [6, 6.07) is 14.6. The molecule has 1 fully saturated rings. The highest BCUT2D eigenvalue weighted by Crippen LogP contribution is 2.32. The van der Waals surface area contributed by atoms with Crippen LogP contribution < -0.4 is 5.32 Å². The van der Waals surface area contributed by atoms with E-state index in [0.29, 0.717) is 40.0 Å². The van der Waals surface area contributed by atoms with Crippen LogP contribution in [0.4, 0.5) is 5.69 Å². The molecular weight excluding hydrogens is 456 g/mol. The lowest BCUT2D eigenvalue weighted by atomic mass is 10.1. The minimum atomic E-state index is -0.397. The van der Waals surface area contributed by atoms with Gasteiger partial charge >= 0.3 is 5.97 Å². The Labute approximate surface area is 203 Å². The van der Waals surface area contributed by atoms with Crippen molar-refractivity contribution in [1.82, 2.24) is 4.90 Å². The van der Waals surface area contributed by atoms with Crippen LogP contribution >= 0.6 is 24.0 Å². The van der Waals surface area contributed by atoms with Crippen molar-refractivity contribution in [2.24, 2.45) is 0 Å². The number of thioether (sulfide) groups is 1. The average Bonchev–Trinajstić information content (AvgIpc) is 3.07. The van der Waals surface area contributed by atoms with E-state index in [0.717, 1.165) is 12.0 Å². The molecular formula is C25H26N2O4S2.